The summed E-state index contributed by atoms with van der Waals surface area (Å²) in [4.78, 5) is 0. The van der Waals surface area contributed by atoms with Crippen molar-refractivity contribution in [2.45, 2.75) is 17.3 Å². The van der Waals surface area contributed by atoms with E-state index in [2.05, 4.69) is 37.2 Å². The summed E-state index contributed by atoms with van der Waals surface area (Å²) in [5.41, 5.74) is 0. The van der Waals surface area contributed by atoms with Gasteiger partial charge < -0.3 is 0 Å². The van der Waals surface area contributed by atoms with Gasteiger partial charge in [-0.1, -0.05) is 0 Å². The zero-order chi connectivity index (χ0) is 13.1. The van der Waals surface area contributed by atoms with Crippen LogP contribution in [-0.2, 0) is 35.0 Å². The second-order valence-corrected chi connectivity index (χ2v) is 8.76. The Morgan fingerprint density at radius 2 is 1.00 bits per heavy atom. The molecule has 0 unspecified atom stereocenters. The fraction of sp³-hybridized carbons (Fsp3) is 0.273. The molecule has 0 spiro atoms. The molecule has 0 fully saturated rings. The maximum Gasteiger partial charge on any atom is 0 e. The summed E-state index contributed by atoms with van der Waals surface area (Å²) in [6, 6.07) is 10.0. The zero-order valence-corrected chi connectivity index (χ0v) is 14.6. The second kappa shape index (κ2) is 46.3. The Morgan fingerprint density at radius 3 is 1.06 bits per heavy atom. The zero-order valence-electron chi connectivity index (χ0n) is 9.52. The summed E-state index contributed by atoms with van der Waals surface area (Å²) >= 11 is -0.333. The van der Waals surface area contributed by atoms with Gasteiger partial charge in [-0.25, -0.2) is 12.1 Å². The van der Waals surface area contributed by atoms with Gasteiger partial charge in [0.2, 0.25) is 0 Å². The number of rotatable bonds is 0. The van der Waals surface area contributed by atoms with Crippen molar-refractivity contribution in [2.75, 3.05) is 0 Å². The van der Waals surface area contributed by atoms with Crippen LogP contribution in [0.1, 0.15) is 0 Å². The predicted octanol–water partition coefficient (Wildman–Crippen LogP) is 2.66. The molecule has 0 amide bonds. The summed E-state index contributed by atoms with van der Waals surface area (Å²) in [6.45, 7) is 13.5. The predicted molar refractivity (Wildman–Crippen MR) is 57.2 cm³/mol. The minimum Gasteiger partial charge on any atom is -0.214 e. The fourth-order valence-corrected chi connectivity index (χ4v) is 0.321. The third-order valence-electron chi connectivity index (χ3n) is 0.556. The normalized spacial score (nSPS) is 5.12. The first-order chi connectivity index (χ1) is 7.23. The van der Waals surface area contributed by atoms with Crippen LogP contribution in [0.2, 0.25) is 17.3 Å². The standard InChI is InChI=1S/C5H5.C3H9Ge.3CO.W/c1-2-4-5-3-1;1-4(2)3;3*1-2;/h1-5H;1-3H3;;;;/q-1;;;;;. The summed E-state index contributed by atoms with van der Waals surface area (Å²) in [7, 11) is 0. The van der Waals surface area contributed by atoms with Crippen molar-refractivity contribution in [3.63, 3.8) is 0 Å². The summed E-state index contributed by atoms with van der Waals surface area (Å²) in [6.07, 6.45) is 0. The van der Waals surface area contributed by atoms with Crippen molar-refractivity contribution >= 4 is 14.3 Å². The molecule has 0 bridgehead atoms. The third-order valence-corrected chi connectivity index (χ3v) is 0.556. The van der Waals surface area contributed by atoms with Crippen molar-refractivity contribution in [3.05, 3.63) is 50.3 Å². The second-order valence-electron chi connectivity index (χ2n) is 2.46. The first kappa shape index (κ1) is 29.7. The average Bonchev–Trinajstić information content (AvgIpc) is 2.83. The maximum atomic E-state index is 7.50. The van der Waals surface area contributed by atoms with Crippen LogP contribution in [-0.4, -0.2) is 14.3 Å². The molecule has 1 aromatic rings. The molecular weight excluding hydrogens is 437 g/mol. The third kappa shape index (κ3) is 98.1. The van der Waals surface area contributed by atoms with Gasteiger partial charge in [0.1, 0.15) is 0 Å². The molecule has 0 saturated heterocycles. The van der Waals surface area contributed by atoms with Crippen molar-refractivity contribution in [2.24, 2.45) is 0 Å². The Balaban J connectivity index is -0.0000000337. The van der Waals surface area contributed by atoms with Crippen molar-refractivity contribution in [1.29, 1.82) is 0 Å². The summed E-state index contributed by atoms with van der Waals surface area (Å²) in [5.74, 6) is 7.00. The molecular formula is C11H14GeO3W-. The van der Waals surface area contributed by atoms with E-state index < -0.39 is 0 Å². The van der Waals surface area contributed by atoms with Gasteiger partial charge in [0, 0.05) is 21.1 Å². The van der Waals surface area contributed by atoms with Gasteiger partial charge in [0.15, 0.2) is 0 Å². The molecule has 0 N–H and O–H groups in total. The van der Waals surface area contributed by atoms with Gasteiger partial charge in [0.05, 0.1) is 0 Å². The Labute approximate surface area is 117 Å². The van der Waals surface area contributed by atoms with E-state index in [4.69, 9.17) is 14.0 Å². The first-order valence-electron chi connectivity index (χ1n) is 3.78. The molecule has 16 heavy (non-hydrogen) atoms. The minimum atomic E-state index is -0.333. The molecule has 0 atom stereocenters. The Morgan fingerprint density at radius 1 is 0.812 bits per heavy atom. The smallest absolute Gasteiger partial charge is 0 e. The molecule has 0 aliphatic heterocycles. The van der Waals surface area contributed by atoms with Gasteiger partial charge >= 0.3 is 65.5 Å². The van der Waals surface area contributed by atoms with E-state index in [9.17, 15) is 0 Å². The molecule has 0 aliphatic rings. The van der Waals surface area contributed by atoms with Crippen LogP contribution in [0.3, 0.4) is 0 Å². The van der Waals surface area contributed by atoms with Crippen LogP contribution in [0.15, 0.2) is 30.3 Å². The van der Waals surface area contributed by atoms with Gasteiger partial charge in [-0.15, -0.1) is 0 Å². The molecule has 0 heterocycles. The van der Waals surface area contributed by atoms with Gasteiger partial charge in [0.25, 0.3) is 0 Å². The van der Waals surface area contributed by atoms with Crippen molar-refractivity contribution in [1.82, 2.24) is 0 Å². The van der Waals surface area contributed by atoms with E-state index in [0.717, 1.165) is 0 Å². The Hall–Kier alpha value is -0.199. The fourth-order valence-electron chi connectivity index (χ4n) is 0.321. The Bertz CT molecular complexity index is 181. The van der Waals surface area contributed by atoms with Crippen LogP contribution >= 0.6 is 0 Å². The summed E-state index contributed by atoms with van der Waals surface area (Å²) < 4.78 is 22.5. The van der Waals surface area contributed by atoms with Crippen LogP contribution < -0.4 is 0 Å². The molecule has 1 rings (SSSR count). The molecule has 0 aromatic heterocycles. The number of hydrogen-bond acceptors (Lipinski definition) is 0. The van der Waals surface area contributed by atoms with Crippen LogP contribution in [0.25, 0.3) is 0 Å². The van der Waals surface area contributed by atoms with E-state index in [1.807, 2.05) is 30.3 Å². The van der Waals surface area contributed by atoms with Crippen LogP contribution in [0, 0.1) is 20.0 Å². The van der Waals surface area contributed by atoms with E-state index in [-0.39, 0.29) is 35.4 Å². The molecule has 0 saturated carbocycles. The largest absolute Gasteiger partial charge is 0.214 e. The van der Waals surface area contributed by atoms with E-state index >= 15 is 0 Å². The quantitative estimate of drug-likeness (QED) is 0.332. The monoisotopic (exact) mass is 452 g/mol. The number of hydrogen-bond donors (Lipinski definition) is 0. The van der Waals surface area contributed by atoms with Crippen LogP contribution in [0.5, 0.6) is 0 Å². The van der Waals surface area contributed by atoms with E-state index in [0.29, 0.717) is 0 Å². The molecule has 87 valence electrons. The molecule has 1 aromatic carbocycles. The van der Waals surface area contributed by atoms with E-state index in [1.54, 1.807) is 0 Å². The summed E-state index contributed by atoms with van der Waals surface area (Å²) in [5, 5.41) is 0. The minimum absolute atomic E-state index is 0. The van der Waals surface area contributed by atoms with E-state index in [1.165, 1.54) is 0 Å². The molecule has 3 nitrogen and oxygen atoms in total. The maximum absolute atomic E-state index is 7.50. The van der Waals surface area contributed by atoms with Gasteiger partial charge in [-0.05, 0) is 0 Å². The van der Waals surface area contributed by atoms with Gasteiger partial charge in [-0.3, -0.25) is 0 Å². The van der Waals surface area contributed by atoms with Crippen LogP contribution in [0.4, 0.5) is 0 Å². The molecule has 1 radical (unpaired) electrons. The Kier molecular flexibility index (Phi) is 85.9. The molecule has 0 aliphatic carbocycles. The van der Waals surface area contributed by atoms with Gasteiger partial charge in [-0.2, -0.15) is 18.2 Å². The SMILES string of the molecule is [C-]#[O+].[C-]#[O+].[C-]#[O+].[CH3][Ge]([CH3])[CH3].[W].c1cc[cH-]c1. The topological polar surface area (TPSA) is 59.7 Å². The molecule has 5 heteroatoms. The first-order valence-corrected chi connectivity index (χ1v) is 10.1. The average molecular weight is 451 g/mol. The van der Waals surface area contributed by atoms with Crippen molar-refractivity contribution in [3.8, 4) is 0 Å². The van der Waals surface area contributed by atoms with Crippen molar-refractivity contribution < 1.29 is 35.0 Å².